The number of carbonyl (C=O) groups is 1. The van der Waals surface area contributed by atoms with E-state index in [-0.39, 0.29) is 5.91 Å². The summed E-state index contributed by atoms with van der Waals surface area (Å²) in [4.78, 5) is 18.5. The lowest BCUT2D eigenvalue weighted by atomic mass is 9.98. The maximum atomic E-state index is 11.7. The largest absolute Gasteiger partial charge is 0.352 e. The van der Waals surface area contributed by atoms with E-state index in [0.29, 0.717) is 5.92 Å². The van der Waals surface area contributed by atoms with Crippen molar-refractivity contribution in [3.63, 3.8) is 0 Å². The molecule has 1 fully saturated rings. The molecule has 2 heterocycles. The molecule has 0 aliphatic carbocycles. The second-order valence-electron chi connectivity index (χ2n) is 6.20. The van der Waals surface area contributed by atoms with E-state index in [9.17, 15) is 4.79 Å². The number of carbonyl (C=O) groups excluding carboxylic acids is 1. The number of nitrogens with one attached hydrogen (secondary N) is 1. The Kier molecular flexibility index (Phi) is 6.12. The van der Waals surface area contributed by atoms with Gasteiger partial charge in [-0.05, 0) is 46.1 Å². The van der Waals surface area contributed by atoms with Gasteiger partial charge in [-0.1, -0.05) is 5.57 Å². The van der Waals surface area contributed by atoms with E-state index >= 15 is 0 Å². The predicted molar refractivity (Wildman–Crippen MR) is 86.1 cm³/mol. The highest BCUT2D eigenvalue weighted by Crippen LogP contribution is 2.17. The molecule has 122 valence electrons. The van der Waals surface area contributed by atoms with Crippen molar-refractivity contribution in [2.75, 3.05) is 19.6 Å². The molecule has 6 heteroatoms. The van der Waals surface area contributed by atoms with Crippen molar-refractivity contribution >= 4 is 5.91 Å². The minimum absolute atomic E-state index is 0.0165. The first-order chi connectivity index (χ1) is 10.6. The Morgan fingerprint density at radius 2 is 2.32 bits per heavy atom. The third-order valence-electron chi connectivity index (χ3n) is 3.95. The number of aryl methyl sites for hydroxylation is 1. The van der Waals surface area contributed by atoms with Gasteiger partial charge in [0, 0.05) is 25.7 Å². The predicted octanol–water partition coefficient (Wildman–Crippen LogP) is 1.59. The summed E-state index contributed by atoms with van der Waals surface area (Å²) in [5.74, 6) is 1.56. The highest BCUT2D eigenvalue weighted by molar-refractivity contribution is 5.87. The van der Waals surface area contributed by atoms with Gasteiger partial charge in [-0.15, -0.1) is 0 Å². The molecule has 0 bridgehead atoms. The van der Waals surface area contributed by atoms with Crippen molar-refractivity contribution in [2.24, 2.45) is 5.92 Å². The summed E-state index contributed by atoms with van der Waals surface area (Å²) in [7, 11) is 0. The Morgan fingerprint density at radius 1 is 1.50 bits per heavy atom. The lowest BCUT2D eigenvalue weighted by Gasteiger charge is -2.32. The summed E-state index contributed by atoms with van der Waals surface area (Å²) >= 11 is 0. The van der Waals surface area contributed by atoms with E-state index in [1.54, 1.807) is 12.4 Å². The van der Waals surface area contributed by atoms with Crippen LogP contribution in [0.4, 0.5) is 0 Å². The average Bonchev–Trinajstić information content (AvgIpc) is 2.92. The van der Waals surface area contributed by atoms with Crippen LogP contribution in [0.25, 0.3) is 0 Å². The van der Waals surface area contributed by atoms with Crippen LogP contribution in [0.2, 0.25) is 0 Å². The quantitative estimate of drug-likeness (QED) is 0.811. The number of rotatable bonds is 6. The maximum absolute atomic E-state index is 11.7. The molecule has 0 saturated carbocycles. The zero-order chi connectivity index (χ0) is 15.9. The van der Waals surface area contributed by atoms with E-state index < -0.39 is 0 Å². The fourth-order valence-electron chi connectivity index (χ4n) is 2.89. The van der Waals surface area contributed by atoms with Gasteiger partial charge in [-0.3, -0.25) is 9.69 Å². The van der Waals surface area contributed by atoms with Gasteiger partial charge in [-0.2, -0.15) is 5.10 Å². The standard InChI is InChI=1S/C16H27N5O/c1-4-21-15(18-12-19-21)11-20-7-5-6-14(10-20)9-17-16(22)8-13(2)3/h8,12,14H,4-7,9-11H2,1-3H3,(H,17,22)/t14-/m1/s1. The number of hydrogen-bond acceptors (Lipinski definition) is 4. The first kappa shape index (κ1) is 16.7. The molecule has 22 heavy (non-hydrogen) atoms. The van der Waals surface area contributed by atoms with Crippen LogP contribution in [0.5, 0.6) is 0 Å². The minimum atomic E-state index is 0.0165. The summed E-state index contributed by atoms with van der Waals surface area (Å²) in [6.45, 7) is 10.5. The minimum Gasteiger partial charge on any atom is -0.352 e. The summed E-state index contributed by atoms with van der Waals surface area (Å²) in [5, 5.41) is 7.23. The molecule has 0 aromatic carbocycles. The van der Waals surface area contributed by atoms with Gasteiger partial charge in [0.2, 0.25) is 5.91 Å². The summed E-state index contributed by atoms with van der Waals surface area (Å²) in [5.41, 5.74) is 1.03. The van der Waals surface area contributed by atoms with Crippen LogP contribution in [0.3, 0.4) is 0 Å². The van der Waals surface area contributed by atoms with Crippen LogP contribution in [-0.2, 0) is 17.9 Å². The van der Waals surface area contributed by atoms with Crippen molar-refractivity contribution in [3.8, 4) is 0 Å². The monoisotopic (exact) mass is 305 g/mol. The molecule has 1 N–H and O–H groups in total. The van der Waals surface area contributed by atoms with Crippen LogP contribution in [0, 0.1) is 5.92 Å². The molecule has 1 aromatic heterocycles. The van der Waals surface area contributed by atoms with Crippen molar-refractivity contribution in [3.05, 3.63) is 23.8 Å². The molecular formula is C16H27N5O. The molecule has 1 saturated heterocycles. The Morgan fingerprint density at radius 3 is 3.05 bits per heavy atom. The molecule has 2 rings (SSSR count). The molecular weight excluding hydrogens is 278 g/mol. The topological polar surface area (TPSA) is 63.1 Å². The van der Waals surface area contributed by atoms with Gasteiger partial charge < -0.3 is 5.32 Å². The molecule has 0 spiro atoms. The Labute approximate surface area is 132 Å². The Bertz CT molecular complexity index is 518. The van der Waals surface area contributed by atoms with Crippen LogP contribution < -0.4 is 5.32 Å². The smallest absolute Gasteiger partial charge is 0.243 e. The van der Waals surface area contributed by atoms with Crippen LogP contribution in [-0.4, -0.2) is 45.2 Å². The third kappa shape index (κ3) is 4.94. The molecule has 0 radical (unpaired) electrons. The Hall–Kier alpha value is -1.69. The van der Waals surface area contributed by atoms with E-state index in [1.807, 2.05) is 18.5 Å². The lowest BCUT2D eigenvalue weighted by molar-refractivity contribution is -0.116. The number of amides is 1. The molecule has 1 atom stereocenters. The lowest BCUT2D eigenvalue weighted by Crippen LogP contribution is -2.40. The average molecular weight is 305 g/mol. The SMILES string of the molecule is CCn1ncnc1CN1CCC[C@H](CNC(=O)C=C(C)C)C1. The van der Waals surface area contributed by atoms with Gasteiger partial charge in [0.15, 0.2) is 0 Å². The maximum Gasteiger partial charge on any atom is 0.243 e. The summed E-state index contributed by atoms with van der Waals surface area (Å²) in [6.07, 6.45) is 5.62. The number of allylic oxidation sites excluding steroid dienone is 1. The second kappa shape index (κ2) is 8.08. The zero-order valence-corrected chi connectivity index (χ0v) is 13.9. The fourth-order valence-corrected chi connectivity index (χ4v) is 2.89. The second-order valence-corrected chi connectivity index (χ2v) is 6.20. The molecule has 1 amide bonds. The van der Waals surface area contributed by atoms with E-state index in [0.717, 1.165) is 44.1 Å². The Balaban J connectivity index is 1.81. The van der Waals surface area contributed by atoms with E-state index in [2.05, 4.69) is 27.2 Å². The van der Waals surface area contributed by atoms with Crippen molar-refractivity contribution in [2.45, 2.75) is 46.7 Å². The summed E-state index contributed by atoms with van der Waals surface area (Å²) < 4.78 is 1.94. The number of nitrogens with zero attached hydrogens (tertiary/aromatic N) is 4. The van der Waals surface area contributed by atoms with Gasteiger partial charge in [-0.25, -0.2) is 9.67 Å². The van der Waals surface area contributed by atoms with Gasteiger partial charge >= 0.3 is 0 Å². The van der Waals surface area contributed by atoms with Gasteiger partial charge in [0.25, 0.3) is 0 Å². The first-order valence-corrected chi connectivity index (χ1v) is 8.10. The van der Waals surface area contributed by atoms with E-state index in [4.69, 9.17) is 0 Å². The molecule has 0 unspecified atom stereocenters. The highest BCUT2D eigenvalue weighted by Gasteiger charge is 2.21. The van der Waals surface area contributed by atoms with Crippen LogP contribution >= 0.6 is 0 Å². The van der Waals surface area contributed by atoms with Crippen molar-refractivity contribution in [1.29, 1.82) is 0 Å². The third-order valence-corrected chi connectivity index (χ3v) is 3.95. The molecule has 1 aliphatic heterocycles. The van der Waals surface area contributed by atoms with Gasteiger partial charge in [0.1, 0.15) is 12.2 Å². The number of hydrogen-bond donors (Lipinski definition) is 1. The van der Waals surface area contributed by atoms with Crippen molar-refractivity contribution in [1.82, 2.24) is 25.0 Å². The number of piperidine rings is 1. The van der Waals surface area contributed by atoms with Gasteiger partial charge in [0.05, 0.1) is 6.54 Å². The van der Waals surface area contributed by atoms with Crippen molar-refractivity contribution < 1.29 is 4.79 Å². The number of aromatic nitrogens is 3. The zero-order valence-electron chi connectivity index (χ0n) is 13.9. The normalized spacial score (nSPS) is 19.0. The fraction of sp³-hybridized carbons (Fsp3) is 0.688. The molecule has 6 nitrogen and oxygen atoms in total. The summed E-state index contributed by atoms with van der Waals surface area (Å²) in [6, 6.07) is 0. The van der Waals surface area contributed by atoms with Crippen LogP contribution in [0.15, 0.2) is 18.0 Å². The first-order valence-electron chi connectivity index (χ1n) is 8.10. The number of likely N-dealkylation sites (tertiary alicyclic amines) is 1. The highest BCUT2D eigenvalue weighted by atomic mass is 16.1. The molecule has 1 aromatic rings. The van der Waals surface area contributed by atoms with E-state index in [1.165, 1.54) is 12.8 Å². The molecule has 1 aliphatic rings. The van der Waals surface area contributed by atoms with Crippen LogP contribution in [0.1, 0.15) is 39.4 Å².